The molecule has 0 fully saturated rings. The van der Waals surface area contributed by atoms with Gasteiger partial charge in [0.25, 0.3) is 11.8 Å². The maximum atomic E-state index is 13.3. The van der Waals surface area contributed by atoms with Crippen molar-refractivity contribution in [3.63, 3.8) is 0 Å². The summed E-state index contributed by atoms with van der Waals surface area (Å²) in [5, 5.41) is 13.3. The van der Waals surface area contributed by atoms with Gasteiger partial charge < -0.3 is 16.0 Å². The van der Waals surface area contributed by atoms with E-state index in [1.54, 1.807) is 42.5 Å². The van der Waals surface area contributed by atoms with Gasteiger partial charge in [-0.05, 0) is 64.9 Å². The number of anilines is 2. The number of rotatable bonds is 10. The Balaban J connectivity index is 1.04. The van der Waals surface area contributed by atoms with Crippen LogP contribution >= 0.6 is 23.1 Å². The second kappa shape index (κ2) is 14.5. The number of aromatic nitrogens is 1. The Labute approximate surface area is 274 Å². The summed E-state index contributed by atoms with van der Waals surface area (Å²) < 4.78 is 0. The topological polar surface area (TPSA) is 100 Å². The number of thiazole rings is 1. The molecule has 3 N–H and O–H groups in total. The van der Waals surface area contributed by atoms with Crippen molar-refractivity contribution in [3.8, 4) is 11.3 Å². The second-order valence-corrected chi connectivity index (χ2v) is 12.1. The molecular weight excluding hydrogens is 613 g/mol. The molecule has 0 saturated carbocycles. The van der Waals surface area contributed by atoms with E-state index in [0.717, 1.165) is 27.1 Å². The van der Waals surface area contributed by atoms with E-state index in [-0.39, 0.29) is 23.3 Å². The summed E-state index contributed by atoms with van der Waals surface area (Å²) in [5.74, 6) is -0.803. The van der Waals surface area contributed by atoms with Gasteiger partial charge in [-0.15, -0.1) is 23.1 Å². The number of amides is 3. The normalized spacial score (nSPS) is 11.2. The van der Waals surface area contributed by atoms with E-state index in [1.807, 2.05) is 72.1 Å². The summed E-state index contributed by atoms with van der Waals surface area (Å²) in [4.78, 5) is 44.2. The lowest BCUT2D eigenvalue weighted by atomic mass is 10.1. The predicted molar refractivity (Wildman–Crippen MR) is 188 cm³/mol. The third-order valence-corrected chi connectivity index (χ3v) is 8.69. The third kappa shape index (κ3) is 7.95. The van der Waals surface area contributed by atoms with Crippen molar-refractivity contribution in [2.45, 2.75) is 4.90 Å². The molecule has 3 amide bonds. The van der Waals surface area contributed by atoms with Gasteiger partial charge in [0.15, 0.2) is 5.13 Å². The number of carbonyl (C=O) groups is 3. The van der Waals surface area contributed by atoms with E-state index in [2.05, 4.69) is 45.2 Å². The molecule has 226 valence electrons. The molecule has 1 aromatic heterocycles. The molecule has 0 radical (unpaired) electrons. The fraction of sp³-hybridized carbons (Fsp3) is 0.0270. The largest absolute Gasteiger partial charge is 0.321 e. The van der Waals surface area contributed by atoms with E-state index in [9.17, 15) is 14.4 Å². The maximum absolute atomic E-state index is 13.3. The van der Waals surface area contributed by atoms with Crippen molar-refractivity contribution < 1.29 is 14.4 Å². The lowest BCUT2D eigenvalue weighted by Gasteiger charge is -2.12. The number of nitrogens with one attached hydrogen (secondary N) is 3. The van der Waals surface area contributed by atoms with Crippen molar-refractivity contribution in [2.24, 2.45) is 0 Å². The third-order valence-electron chi connectivity index (χ3n) is 6.92. The molecule has 0 saturated heterocycles. The lowest BCUT2D eigenvalue weighted by Crippen LogP contribution is -2.30. The molecule has 6 rings (SSSR count). The summed E-state index contributed by atoms with van der Waals surface area (Å²) in [7, 11) is 0. The molecule has 0 aliphatic rings. The molecule has 7 nitrogen and oxygen atoms in total. The quantitative estimate of drug-likeness (QED) is 0.104. The molecular formula is C37H28N4O3S2. The van der Waals surface area contributed by atoms with Crippen molar-refractivity contribution in [1.82, 2.24) is 10.3 Å². The van der Waals surface area contributed by atoms with Gasteiger partial charge in [0, 0.05) is 27.1 Å². The molecule has 5 aromatic carbocycles. The minimum Gasteiger partial charge on any atom is -0.321 e. The van der Waals surface area contributed by atoms with Crippen LogP contribution in [0, 0.1) is 0 Å². The van der Waals surface area contributed by atoms with Crippen LogP contribution in [0.25, 0.3) is 28.1 Å². The zero-order chi connectivity index (χ0) is 31.7. The lowest BCUT2D eigenvalue weighted by molar-refractivity contribution is -0.114. The van der Waals surface area contributed by atoms with E-state index in [4.69, 9.17) is 0 Å². The van der Waals surface area contributed by atoms with Crippen molar-refractivity contribution in [2.75, 3.05) is 16.4 Å². The van der Waals surface area contributed by atoms with Crippen molar-refractivity contribution >= 4 is 68.5 Å². The Kier molecular flexibility index (Phi) is 9.63. The van der Waals surface area contributed by atoms with Crippen molar-refractivity contribution in [1.29, 1.82) is 0 Å². The fourth-order valence-corrected chi connectivity index (χ4v) is 6.04. The first-order chi connectivity index (χ1) is 22.5. The van der Waals surface area contributed by atoms with E-state index < -0.39 is 5.91 Å². The number of hydrogen-bond donors (Lipinski definition) is 3. The molecule has 46 heavy (non-hydrogen) atoms. The van der Waals surface area contributed by atoms with Crippen LogP contribution in [-0.4, -0.2) is 28.5 Å². The highest BCUT2D eigenvalue weighted by molar-refractivity contribution is 8.00. The second-order valence-electron chi connectivity index (χ2n) is 10.2. The van der Waals surface area contributed by atoms with Crippen LogP contribution in [0.3, 0.4) is 0 Å². The standard InChI is InChI=1S/C37H28N4O3S2/c42-34(41-37-40-33(23-46-37)29-16-15-26-11-7-8-14-28(26)22-29)24-45-31-19-17-30(18-20-31)38-36(44)32(21-25-9-3-1-4-10-25)39-35(43)27-12-5-2-6-13-27/h1-23H,24H2,(H,38,44)(H,39,43)(H,40,41,42)/b32-21-. The monoisotopic (exact) mass is 640 g/mol. The average Bonchev–Trinajstić information content (AvgIpc) is 3.56. The van der Waals surface area contributed by atoms with E-state index in [1.165, 1.54) is 28.5 Å². The van der Waals surface area contributed by atoms with Gasteiger partial charge in [-0.25, -0.2) is 4.98 Å². The van der Waals surface area contributed by atoms with E-state index in [0.29, 0.717) is 16.4 Å². The van der Waals surface area contributed by atoms with Crippen LogP contribution in [0.1, 0.15) is 15.9 Å². The Morgan fingerprint density at radius 1 is 0.739 bits per heavy atom. The number of carbonyl (C=O) groups excluding carboxylic acids is 3. The molecule has 0 aliphatic carbocycles. The Morgan fingerprint density at radius 3 is 2.20 bits per heavy atom. The molecule has 0 aliphatic heterocycles. The number of benzene rings is 5. The zero-order valence-corrected chi connectivity index (χ0v) is 26.1. The fourth-order valence-electron chi connectivity index (χ4n) is 4.61. The number of thioether (sulfide) groups is 1. The highest BCUT2D eigenvalue weighted by atomic mass is 32.2. The van der Waals surface area contributed by atoms with Crippen molar-refractivity contribution in [3.05, 3.63) is 150 Å². The SMILES string of the molecule is O=C(CSc1ccc(NC(=O)/C(=C/c2ccccc2)NC(=O)c2ccccc2)cc1)Nc1nc(-c2ccc3ccccc3c2)cs1. The van der Waals surface area contributed by atoms with Gasteiger partial charge in [-0.1, -0.05) is 84.9 Å². The number of hydrogen-bond acceptors (Lipinski definition) is 6. The van der Waals surface area contributed by atoms with Gasteiger partial charge in [0.1, 0.15) is 5.70 Å². The molecule has 6 aromatic rings. The zero-order valence-electron chi connectivity index (χ0n) is 24.5. The van der Waals surface area contributed by atoms with Crippen LogP contribution in [-0.2, 0) is 9.59 Å². The summed E-state index contributed by atoms with van der Waals surface area (Å²) in [5.41, 5.74) is 3.70. The molecule has 0 spiro atoms. The summed E-state index contributed by atoms with van der Waals surface area (Å²) in [6.07, 6.45) is 1.63. The summed E-state index contributed by atoms with van der Waals surface area (Å²) in [6.45, 7) is 0. The molecule has 9 heteroatoms. The smallest absolute Gasteiger partial charge is 0.272 e. The summed E-state index contributed by atoms with van der Waals surface area (Å²) in [6, 6.07) is 39.6. The molecule has 0 unspecified atom stereocenters. The highest BCUT2D eigenvalue weighted by Gasteiger charge is 2.15. The molecule has 0 atom stereocenters. The first-order valence-electron chi connectivity index (χ1n) is 14.4. The van der Waals surface area contributed by atoms with Gasteiger partial charge in [-0.3, -0.25) is 14.4 Å². The first kappa shape index (κ1) is 30.5. The average molecular weight is 641 g/mol. The van der Waals surface area contributed by atoms with Crippen LogP contribution < -0.4 is 16.0 Å². The van der Waals surface area contributed by atoms with Crippen LogP contribution in [0.5, 0.6) is 0 Å². The van der Waals surface area contributed by atoms with Crippen LogP contribution in [0.15, 0.2) is 143 Å². The number of fused-ring (bicyclic) bond motifs is 1. The molecule has 0 bridgehead atoms. The minimum absolute atomic E-state index is 0.112. The predicted octanol–water partition coefficient (Wildman–Crippen LogP) is 8.10. The van der Waals surface area contributed by atoms with Crippen LogP contribution in [0.2, 0.25) is 0 Å². The van der Waals surface area contributed by atoms with Crippen LogP contribution in [0.4, 0.5) is 10.8 Å². The van der Waals surface area contributed by atoms with Gasteiger partial charge in [0.05, 0.1) is 11.4 Å². The Hall–Kier alpha value is -5.51. The van der Waals surface area contributed by atoms with Gasteiger partial charge in [0.2, 0.25) is 5.91 Å². The van der Waals surface area contributed by atoms with Gasteiger partial charge in [-0.2, -0.15) is 0 Å². The Bertz CT molecular complexity index is 2030. The molecule has 1 heterocycles. The number of nitrogens with zero attached hydrogens (tertiary/aromatic N) is 1. The maximum Gasteiger partial charge on any atom is 0.272 e. The minimum atomic E-state index is -0.459. The summed E-state index contributed by atoms with van der Waals surface area (Å²) >= 11 is 2.77. The first-order valence-corrected chi connectivity index (χ1v) is 16.3. The van der Waals surface area contributed by atoms with Gasteiger partial charge >= 0.3 is 0 Å². The highest BCUT2D eigenvalue weighted by Crippen LogP contribution is 2.28. The Morgan fingerprint density at radius 2 is 1.43 bits per heavy atom. The van der Waals surface area contributed by atoms with E-state index >= 15 is 0 Å².